The summed E-state index contributed by atoms with van der Waals surface area (Å²) in [6.45, 7) is 3.71. The summed E-state index contributed by atoms with van der Waals surface area (Å²) in [7, 11) is 0. The van der Waals surface area contributed by atoms with Crippen LogP contribution in [0.5, 0.6) is 5.88 Å². The second-order valence-corrected chi connectivity index (χ2v) is 5.24. The first kappa shape index (κ1) is 14.6. The van der Waals surface area contributed by atoms with Gasteiger partial charge in [0.25, 0.3) is 0 Å². The summed E-state index contributed by atoms with van der Waals surface area (Å²) in [4.78, 5) is 24.9. The number of carbonyl (C=O) groups excluding carboxylic acids is 1. The number of nitrogens with zero attached hydrogens (tertiary/aromatic N) is 2. The zero-order valence-corrected chi connectivity index (χ0v) is 12.0. The molecule has 0 bridgehead atoms. The van der Waals surface area contributed by atoms with E-state index in [1.165, 1.54) is 0 Å². The third-order valence-corrected chi connectivity index (χ3v) is 3.68. The highest BCUT2D eigenvalue weighted by Gasteiger charge is 2.25. The molecule has 1 aromatic rings. The molecule has 0 atom stereocenters. The number of likely N-dealkylation sites (tertiary alicyclic amines) is 1. The third kappa shape index (κ3) is 3.19. The number of anilines is 1. The first-order valence-corrected chi connectivity index (χ1v) is 7.32. The van der Waals surface area contributed by atoms with Crippen LogP contribution < -0.4 is 10.1 Å². The SMILES string of the molecule is CCCOc1nsc(NC(=O)N2CCCC2)c1C(=O)O. The van der Waals surface area contributed by atoms with Crippen LogP contribution in [0.4, 0.5) is 9.80 Å². The zero-order valence-electron chi connectivity index (χ0n) is 11.2. The smallest absolute Gasteiger partial charge is 0.344 e. The van der Waals surface area contributed by atoms with E-state index in [9.17, 15) is 14.7 Å². The molecule has 2 N–H and O–H groups in total. The van der Waals surface area contributed by atoms with E-state index in [1.807, 2.05) is 6.92 Å². The monoisotopic (exact) mass is 299 g/mol. The Morgan fingerprint density at radius 2 is 2.15 bits per heavy atom. The molecule has 1 aromatic heterocycles. The molecule has 0 unspecified atom stereocenters. The minimum absolute atomic E-state index is 0.0704. The van der Waals surface area contributed by atoms with Crippen molar-refractivity contribution >= 4 is 28.5 Å². The van der Waals surface area contributed by atoms with Crippen molar-refractivity contribution in [3.05, 3.63) is 5.56 Å². The molecular formula is C12H17N3O4S. The fraction of sp³-hybridized carbons (Fsp3) is 0.583. The summed E-state index contributed by atoms with van der Waals surface area (Å²) in [5.41, 5.74) is -0.0732. The van der Waals surface area contributed by atoms with E-state index < -0.39 is 5.97 Å². The Kier molecular flexibility index (Phi) is 4.78. The van der Waals surface area contributed by atoms with Crippen molar-refractivity contribution in [2.24, 2.45) is 0 Å². The van der Waals surface area contributed by atoms with Crippen LogP contribution in [0.2, 0.25) is 0 Å². The van der Waals surface area contributed by atoms with E-state index in [0.717, 1.165) is 30.8 Å². The van der Waals surface area contributed by atoms with Gasteiger partial charge in [-0.05, 0) is 30.8 Å². The molecule has 0 aliphatic carbocycles. The Morgan fingerprint density at radius 3 is 2.75 bits per heavy atom. The number of ether oxygens (including phenoxy) is 1. The fourth-order valence-electron chi connectivity index (χ4n) is 1.94. The van der Waals surface area contributed by atoms with Gasteiger partial charge in [-0.15, -0.1) is 0 Å². The predicted octanol–water partition coefficient (Wildman–Crippen LogP) is 2.26. The molecule has 2 amide bonds. The number of carboxylic acid groups (broad SMARTS) is 1. The molecule has 0 radical (unpaired) electrons. The van der Waals surface area contributed by atoms with Crippen molar-refractivity contribution in [3.8, 4) is 5.88 Å². The molecule has 0 aromatic carbocycles. The molecule has 0 spiro atoms. The molecule has 1 aliphatic heterocycles. The van der Waals surface area contributed by atoms with Gasteiger partial charge in [-0.3, -0.25) is 5.32 Å². The zero-order chi connectivity index (χ0) is 14.5. The van der Waals surface area contributed by atoms with Crippen LogP contribution in [0.1, 0.15) is 36.5 Å². The minimum atomic E-state index is -1.15. The Labute approximate surface area is 120 Å². The second kappa shape index (κ2) is 6.56. The number of hydrogen-bond acceptors (Lipinski definition) is 5. The third-order valence-electron chi connectivity index (χ3n) is 2.93. The van der Waals surface area contributed by atoms with E-state index in [-0.39, 0.29) is 22.5 Å². The van der Waals surface area contributed by atoms with Gasteiger partial charge >= 0.3 is 12.0 Å². The molecule has 8 heteroatoms. The molecule has 1 fully saturated rings. The minimum Gasteiger partial charge on any atom is -0.477 e. The Bertz CT molecular complexity index is 497. The van der Waals surface area contributed by atoms with Crippen LogP contribution in [-0.2, 0) is 0 Å². The van der Waals surface area contributed by atoms with Gasteiger partial charge in [0.15, 0.2) is 5.56 Å². The van der Waals surface area contributed by atoms with Crippen LogP contribution in [0.15, 0.2) is 0 Å². The average molecular weight is 299 g/mol. The topological polar surface area (TPSA) is 91.8 Å². The Hall–Kier alpha value is -1.83. The molecule has 20 heavy (non-hydrogen) atoms. The van der Waals surface area contributed by atoms with Gasteiger partial charge in [0.05, 0.1) is 6.61 Å². The van der Waals surface area contributed by atoms with Crippen molar-refractivity contribution in [2.45, 2.75) is 26.2 Å². The van der Waals surface area contributed by atoms with E-state index in [2.05, 4.69) is 9.69 Å². The molecule has 110 valence electrons. The summed E-state index contributed by atoms with van der Waals surface area (Å²) in [6, 6.07) is -0.282. The van der Waals surface area contributed by atoms with Crippen molar-refractivity contribution in [1.29, 1.82) is 0 Å². The van der Waals surface area contributed by atoms with Crippen LogP contribution in [-0.4, -0.2) is 46.1 Å². The van der Waals surface area contributed by atoms with Crippen LogP contribution in [0, 0.1) is 0 Å². The van der Waals surface area contributed by atoms with E-state index >= 15 is 0 Å². The lowest BCUT2D eigenvalue weighted by Crippen LogP contribution is -2.32. The number of rotatable bonds is 5. The van der Waals surface area contributed by atoms with Crippen molar-refractivity contribution in [3.63, 3.8) is 0 Å². The maximum absolute atomic E-state index is 12.0. The number of aromatic nitrogens is 1. The highest BCUT2D eigenvalue weighted by atomic mass is 32.1. The van der Waals surface area contributed by atoms with Crippen molar-refractivity contribution < 1.29 is 19.4 Å². The summed E-state index contributed by atoms with van der Waals surface area (Å²) in [5.74, 6) is -1.08. The van der Waals surface area contributed by atoms with Crippen LogP contribution >= 0.6 is 11.5 Å². The van der Waals surface area contributed by atoms with E-state index in [1.54, 1.807) is 4.90 Å². The molecule has 7 nitrogen and oxygen atoms in total. The number of nitrogens with one attached hydrogen (secondary N) is 1. The average Bonchev–Trinajstić information content (AvgIpc) is 3.05. The summed E-state index contributed by atoms with van der Waals surface area (Å²) >= 11 is 0.928. The van der Waals surface area contributed by atoms with E-state index in [0.29, 0.717) is 19.7 Å². The first-order chi connectivity index (χ1) is 9.63. The Morgan fingerprint density at radius 1 is 1.45 bits per heavy atom. The number of aromatic carboxylic acids is 1. The first-order valence-electron chi connectivity index (χ1n) is 6.55. The van der Waals surface area contributed by atoms with Gasteiger partial charge in [0.2, 0.25) is 5.88 Å². The quantitative estimate of drug-likeness (QED) is 0.870. The summed E-state index contributed by atoms with van der Waals surface area (Å²) in [5, 5.41) is 12.1. The highest BCUT2D eigenvalue weighted by molar-refractivity contribution is 7.11. The van der Waals surface area contributed by atoms with Gasteiger partial charge in [0.1, 0.15) is 5.00 Å². The standard InChI is InChI=1S/C12H17N3O4S/c1-2-7-19-9-8(11(16)17)10(20-14-9)13-12(18)15-5-3-4-6-15/h2-7H2,1H3,(H,13,18)(H,16,17). The second-order valence-electron chi connectivity index (χ2n) is 4.47. The largest absolute Gasteiger partial charge is 0.477 e. The lowest BCUT2D eigenvalue weighted by molar-refractivity contribution is 0.0693. The molecule has 2 rings (SSSR count). The van der Waals surface area contributed by atoms with Gasteiger partial charge < -0.3 is 14.7 Å². The Balaban J connectivity index is 2.12. The van der Waals surface area contributed by atoms with Crippen LogP contribution in [0.3, 0.4) is 0 Å². The fourth-order valence-corrected chi connectivity index (χ4v) is 2.66. The molecular weight excluding hydrogens is 282 g/mol. The maximum atomic E-state index is 12.0. The van der Waals surface area contributed by atoms with Crippen molar-refractivity contribution in [2.75, 3.05) is 25.0 Å². The van der Waals surface area contributed by atoms with Gasteiger partial charge in [0, 0.05) is 13.1 Å². The molecule has 1 aliphatic rings. The number of urea groups is 1. The number of hydrogen-bond donors (Lipinski definition) is 2. The predicted molar refractivity (Wildman–Crippen MR) is 74.7 cm³/mol. The normalized spacial score (nSPS) is 14.3. The number of carboxylic acids is 1. The molecule has 1 saturated heterocycles. The van der Waals surface area contributed by atoms with Gasteiger partial charge in [-0.2, -0.15) is 4.37 Å². The van der Waals surface area contributed by atoms with Crippen molar-refractivity contribution in [1.82, 2.24) is 9.27 Å². The molecule has 2 heterocycles. The number of carbonyl (C=O) groups is 2. The lowest BCUT2D eigenvalue weighted by atomic mass is 10.3. The maximum Gasteiger partial charge on any atom is 0.344 e. The van der Waals surface area contributed by atoms with E-state index in [4.69, 9.17) is 4.74 Å². The lowest BCUT2D eigenvalue weighted by Gasteiger charge is -2.15. The highest BCUT2D eigenvalue weighted by Crippen LogP contribution is 2.31. The molecule has 0 saturated carbocycles. The number of amides is 2. The van der Waals surface area contributed by atoms with Crippen LogP contribution in [0.25, 0.3) is 0 Å². The summed E-state index contributed by atoms with van der Waals surface area (Å²) in [6.07, 6.45) is 2.71. The summed E-state index contributed by atoms with van der Waals surface area (Å²) < 4.78 is 9.25. The van der Waals surface area contributed by atoms with Gasteiger partial charge in [-0.1, -0.05) is 6.92 Å². The van der Waals surface area contributed by atoms with Gasteiger partial charge in [-0.25, -0.2) is 9.59 Å².